The second-order valence-corrected chi connectivity index (χ2v) is 5.02. The van der Waals surface area contributed by atoms with E-state index in [4.69, 9.17) is 9.47 Å². The monoisotopic (exact) mass is 277 g/mol. The van der Waals surface area contributed by atoms with Crippen LogP contribution in [0.3, 0.4) is 0 Å². The molecule has 2 amide bonds. The highest BCUT2D eigenvalue weighted by molar-refractivity contribution is 5.74. The van der Waals surface area contributed by atoms with Gasteiger partial charge in [0.25, 0.3) is 0 Å². The number of rotatable bonds is 2. The average Bonchev–Trinajstić information content (AvgIpc) is 2.97. The van der Waals surface area contributed by atoms with Gasteiger partial charge >= 0.3 is 6.03 Å². The predicted molar refractivity (Wildman–Crippen MR) is 72.6 cm³/mol. The van der Waals surface area contributed by atoms with Crippen molar-refractivity contribution in [1.82, 2.24) is 14.8 Å². The van der Waals surface area contributed by atoms with E-state index in [1.807, 2.05) is 28.0 Å². The van der Waals surface area contributed by atoms with Gasteiger partial charge in [-0.05, 0) is 6.07 Å². The maximum atomic E-state index is 12.3. The molecule has 2 saturated heterocycles. The van der Waals surface area contributed by atoms with Gasteiger partial charge < -0.3 is 19.3 Å². The first-order valence-corrected chi connectivity index (χ1v) is 7.02. The van der Waals surface area contributed by atoms with Gasteiger partial charge in [0.15, 0.2) is 0 Å². The molecule has 1 aromatic heterocycles. The lowest BCUT2D eigenvalue weighted by Gasteiger charge is -2.30. The maximum Gasteiger partial charge on any atom is 0.320 e. The Hall–Kier alpha value is -1.82. The lowest BCUT2D eigenvalue weighted by atomic mass is 10.3. The van der Waals surface area contributed by atoms with Crippen molar-refractivity contribution in [3.63, 3.8) is 0 Å². The van der Waals surface area contributed by atoms with Crippen LogP contribution in [-0.2, 0) is 4.74 Å². The zero-order valence-electron chi connectivity index (χ0n) is 11.4. The predicted octanol–water partition coefficient (Wildman–Crippen LogP) is 0.987. The highest BCUT2D eigenvalue weighted by atomic mass is 16.5. The maximum absolute atomic E-state index is 12.3. The molecule has 0 aliphatic carbocycles. The molecule has 0 unspecified atom stereocenters. The van der Waals surface area contributed by atoms with E-state index < -0.39 is 0 Å². The fraction of sp³-hybridized carbons (Fsp3) is 0.571. The number of hydrogen-bond acceptors (Lipinski definition) is 4. The number of likely N-dealkylation sites (tertiary alicyclic amines) is 1. The van der Waals surface area contributed by atoms with Crippen LogP contribution in [0.4, 0.5) is 4.79 Å². The number of urea groups is 1. The van der Waals surface area contributed by atoms with E-state index >= 15 is 0 Å². The molecule has 0 spiro atoms. The molecule has 2 fully saturated rings. The van der Waals surface area contributed by atoms with Crippen molar-refractivity contribution >= 4 is 6.03 Å². The van der Waals surface area contributed by atoms with Crippen molar-refractivity contribution in [2.24, 2.45) is 0 Å². The Morgan fingerprint density at radius 2 is 2.10 bits per heavy atom. The third-order valence-electron chi connectivity index (χ3n) is 3.62. The molecule has 0 bridgehead atoms. The van der Waals surface area contributed by atoms with E-state index in [0.29, 0.717) is 38.7 Å². The van der Waals surface area contributed by atoms with Crippen molar-refractivity contribution in [3.8, 4) is 5.88 Å². The van der Waals surface area contributed by atoms with Crippen LogP contribution in [0.25, 0.3) is 0 Å². The van der Waals surface area contributed by atoms with E-state index in [-0.39, 0.29) is 12.1 Å². The molecule has 6 nitrogen and oxygen atoms in total. The van der Waals surface area contributed by atoms with E-state index in [2.05, 4.69) is 4.98 Å². The summed E-state index contributed by atoms with van der Waals surface area (Å²) < 4.78 is 11.1. The number of aromatic nitrogens is 1. The van der Waals surface area contributed by atoms with E-state index in [0.717, 1.165) is 13.0 Å². The molecule has 0 aromatic carbocycles. The van der Waals surface area contributed by atoms with Gasteiger partial charge in [-0.2, -0.15) is 0 Å². The quantitative estimate of drug-likeness (QED) is 0.809. The fourth-order valence-corrected chi connectivity index (χ4v) is 2.54. The number of carbonyl (C=O) groups is 1. The standard InChI is InChI=1S/C14H19N3O3/c18-14(16-7-9-19-10-8-16)17-6-4-12(11-17)20-13-3-1-2-5-15-13/h1-3,5,12H,4,6-11H2/t12-/m0/s1. The highest BCUT2D eigenvalue weighted by Crippen LogP contribution is 2.17. The summed E-state index contributed by atoms with van der Waals surface area (Å²) in [5.41, 5.74) is 0. The Morgan fingerprint density at radius 3 is 2.85 bits per heavy atom. The third-order valence-corrected chi connectivity index (χ3v) is 3.62. The number of morpholine rings is 1. The lowest BCUT2D eigenvalue weighted by Crippen LogP contribution is -2.47. The number of nitrogens with zero attached hydrogens (tertiary/aromatic N) is 3. The fourth-order valence-electron chi connectivity index (χ4n) is 2.54. The largest absolute Gasteiger partial charge is 0.472 e. The smallest absolute Gasteiger partial charge is 0.320 e. The first-order chi connectivity index (χ1) is 9.83. The summed E-state index contributed by atoms with van der Waals surface area (Å²) in [6.07, 6.45) is 2.60. The van der Waals surface area contributed by atoms with Gasteiger partial charge in [0.1, 0.15) is 6.10 Å². The topological polar surface area (TPSA) is 54.9 Å². The minimum atomic E-state index is 0.0369. The summed E-state index contributed by atoms with van der Waals surface area (Å²) in [5.74, 6) is 0.623. The van der Waals surface area contributed by atoms with Crippen LogP contribution in [0, 0.1) is 0 Å². The van der Waals surface area contributed by atoms with Crippen LogP contribution in [0.15, 0.2) is 24.4 Å². The van der Waals surface area contributed by atoms with Crippen molar-refractivity contribution < 1.29 is 14.3 Å². The normalized spacial score (nSPS) is 22.9. The van der Waals surface area contributed by atoms with Gasteiger partial charge in [0, 0.05) is 38.3 Å². The summed E-state index contributed by atoms with van der Waals surface area (Å²) in [6, 6.07) is 5.69. The Balaban J connectivity index is 1.52. The average molecular weight is 277 g/mol. The number of pyridine rings is 1. The molecule has 0 saturated carbocycles. The second-order valence-electron chi connectivity index (χ2n) is 5.02. The first-order valence-electron chi connectivity index (χ1n) is 7.02. The van der Waals surface area contributed by atoms with Crippen LogP contribution in [0.1, 0.15) is 6.42 Å². The third kappa shape index (κ3) is 3.01. The molecule has 0 radical (unpaired) electrons. The van der Waals surface area contributed by atoms with E-state index in [1.54, 1.807) is 6.20 Å². The molecule has 108 valence electrons. The number of hydrogen-bond donors (Lipinski definition) is 0. The van der Waals surface area contributed by atoms with Gasteiger partial charge in [0.05, 0.1) is 19.8 Å². The first kappa shape index (κ1) is 13.2. The van der Waals surface area contributed by atoms with Gasteiger partial charge in [-0.25, -0.2) is 9.78 Å². The van der Waals surface area contributed by atoms with Crippen LogP contribution in [0.5, 0.6) is 5.88 Å². The van der Waals surface area contributed by atoms with Crippen LogP contribution in [0.2, 0.25) is 0 Å². The van der Waals surface area contributed by atoms with Gasteiger partial charge in [-0.1, -0.05) is 6.07 Å². The Morgan fingerprint density at radius 1 is 1.25 bits per heavy atom. The van der Waals surface area contributed by atoms with Crippen LogP contribution in [-0.4, -0.2) is 66.3 Å². The summed E-state index contributed by atoms with van der Waals surface area (Å²) in [7, 11) is 0. The molecule has 1 aromatic rings. The van der Waals surface area contributed by atoms with Crippen molar-refractivity contribution in [1.29, 1.82) is 0 Å². The zero-order chi connectivity index (χ0) is 13.8. The molecule has 0 N–H and O–H groups in total. The number of ether oxygens (including phenoxy) is 2. The van der Waals surface area contributed by atoms with Crippen LogP contribution >= 0.6 is 0 Å². The Labute approximate surface area is 118 Å². The summed E-state index contributed by atoms with van der Waals surface area (Å²) in [4.78, 5) is 20.2. The molecule has 2 aliphatic rings. The van der Waals surface area contributed by atoms with Gasteiger partial charge in [0.2, 0.25) is 5.88 Å². The lowest BCUT2D eigenvalue weighted by molar-refractivity contribution is 0.0443. The second kappa shape index (κ2) is 6.09. The van der Waals surface area contributed by atoms with Crippen molar-refractivity contribution in [2.75, 3.05) is 39.4 Å². The van der Waals surface area contributed by atoms with E-state index in [9.17, 15) is 4.79 Å². The highest BCUT2D eigenvalue weighted by Gasteiger charge is 2.31. The molecule has 20 heavy (non-hydrogen) atoms. The van der Waals surface area contributed by atoms with Crippen LogP contribution < -0.4 is 4.74 Å². The number of amides is 2. The van der Waals surface area contributed by atoms with Crippen molar-refractivity contribution in [2.45, 2.75) is 12.5 Å². The molecule has 3 rings (SSSR count). The van der Waals surface area contributed by atoms with Crippen molar-refractivity contribution in [3.05, 3.63) is 24.4 Å². The molecule has 3 heterocycles. The minimum absolute atomic E-state index is 0.0369. The summed E-state index contributed by atoms with van der Waals surface area (Å²) in [5, 5.41) is 0. The van der Waals surface area contributed by atoms with Gasteiger partial charge in [-0.15, -0.1) is 0 Å². The zero-order valence-corrected chi connectivity index (χ0v) is 11.4. The number of carbonyl (C=O) groups excluding carboxylic acids is 1. The summed E-state index contributed by atoms with van der Waals surface area (Å²) >= 11 is 0. The molecular weight excluding hydrogens is 258 g/mol. The Bertz CT molecular complexity index is 448. The van der Waals surface area contributed by atoms with E-state index in [1.165, 1.54) is 0 Å². The minimum Gasteiger partial charge on any atom is -0.472 e. The Kier molecular flexibility index (Phi) is 4.01. The molecule has 6 heteroatoms. The molecular formula is C14H19N3O3. The van der Waals surface area contributed by atoms with Gasteiger partial charge in [-0.3, -0.25) is 0 Å². The summed E-state index contributed by atoms with van der Waals surface area (Å²) in [6.45, 7) is 4.00. The molecule has 2 aliphatic heterocycles. The molecule has 1 atom stereocenters. The SMILES string of the molecule is O=C(N1CCOCC1)N1CC[C@H](Oc2ccccn2)C1.